The lowest BCUT2D eigenvalue weighted by Gasteiger charge is -1.94. The molecule has 0 amide bonds. The topological polar surface area (TPSA) is 74.3 Å². The number of alkyl halides is 1. The summed E-state index contributed by atoms with van der Waals surface area (Å²) >= 11 is 5.86. The van der Waals surface area contributed by atoms with Gasteiger partial charge in [-0.2, -0.15) is 4.80 Å². The Hall–Kier alpha value is -1.50. The lowest BCUT2D eigenvalue weighted by Crippen LogP contribution is -2.03. The number of aromatic nitrogens is 7. The van der Waals surface area contributed by atoms with Gasteiger partial charge in [-0.1, -0.05) is 5.21 Å². The van der Waals surface area contributed by atoms with E-state index in [1.54, 1.807) is 17.9 Å². The van der Waals surface area contributed by atoms with E-state index in [4.69, 9.17) is 11.6 Å². The molecule has 0 aliphatic carbocycles. The lowest BCUT2D eigenvalue weighted by molar-refractivity contribution is 0.607. The third kappa shape index (κ3) is 2.30. The summed E-state index contributed by atoms with van der Waals surface area (Å²) in [5.41, 5.74) is 0.737. The molecule has 0 bridgehead atoms. The minimum atomic E-state index is -0.145. The standard InChI is InChI=1S/C7H10ClN7/c1-5(8)6-3-15(13-9-6)4-7-10-12-14(2)11-7/h3,5H,4H2,1-2H3. The monoisotopic (exact) mass is 227 g/mol. The molecule has 0 aromatic carbocycles. The quantitative estimate of drug-likeness (QED) is 0.698. The third-order valence-electron chi connectivity index (χ3n) is 1.82. The van der Waals surface area contributed by atoms with Crippen LogP contribution in [0.25, 0.3) is 0 Å². The van der Waals surface area contributed by atoms with E-state index < -0.39 is 0 Å². The van der Waals surface area contributed by atoms with E-state index in [0.29, 0.717) is 12.4 Å². The van der Waals surface area contributed by atoms with Gasteiger partial charge < -0.3 is 0 Å². The molecule has 2 aromatic heterocycles. The molecule has 8 heteroatoms. The summed E-state index contributed by atoms with van der Waals surface area (Å²) in [5, 5.41) is 19.3. The van der Waals surface area contributed by atoms with Crippen molar-refractivity contribution in [2.24, 2.45) is 7.05 Å². The Morgan fingerprint density at radius 2 is 2.20 bits per heavy atom. The molecule has 0 radical (unpaired) electrons. The van der Waals surface area contributed by atoms with Crippen LogP contribution in [-0.2, 0) is 13.6 Å². The Morgan fingerprint density at radius 3 is 2.73 bits per heavy atom. The largest absolute Gasteiger partial charge is 0.244 e. The first-order valence-corrected chi connectivity index (χ1v) is 4.86. The fourth-order valence-corrected chi connectivity index (χ4v) is 1.20. The van der Waals surface area contributed by atoms with Gasteiger partial charge in [0.2, 0.25) is 0 Å². The molecule has 0 spiro atoms. The second-order valence-electron chi connectivity index (χ2n) is 3.15. The highest BCUT2D eigenvalue weighted by atomic mass is 35.5. The first kappa shape index (κ1) is 10.0. The molecule has 1 atom stereocenters. The van der Waals surface area contributed by atoms with Gasteiger partial charge in [0.1, 0.15) is 12.2 Å². The second-order valence-corrected chi connectivity index (χ2v) is 3.81. The van der Waals surface area contributed by atoms with Gasteiger partial charge in [0.05, 0.1) is 18.6 Å². The highest BCUT2D eigenvalue weighted by Gasteiger charge is 2.08. The van der Waals surface area contributed by atoms with E-state index >= 15 is 0 Å². The fourth-order valence-electron chi connectivity index (χ4n) is 1.10. The molecule has 15 heavy (non-hydrogen) atoms. The first-order valence-electron chi connectivity index (χ1n) is 4.42. The molecule has 2 rings (SSSR count). The van der Waals surface area contributed by atoms with Crippen LogP contribution in [0.4, 0.5) is 0 Å². The first-order chi connectivity index (χ1) is 7.15. The Kier molecular flexibility index (Phi) is 2.63. The van der Waals surface area contributed by atoms with Gasteiger partial charge in [-0.3, -0.25) is 0 Å². The lowest BCUT2D eigenvalue weighted by atomic mass is 10.4. The molecule has 0 fully saturated rings. The average Bonchev–Trinajstić information content (AvgIpc) is 2.76. The number of hydrogen-bond acceptors (Lipinski definition) is 5. The summed E-state index contributed by atoms with van der Waals surface area (Å²) in [6, 6.07) is 0. The predicted octanol–water partition coefficient (Wildman–Crippen LogP) is 0.150. The molecule has 0 N–H and O–H groups in total. The van der Waals surface area contributed by atoms with Crippen molar-refractivity contribution >= 4 is 11.6 Å². The van der Waals surface area contributed by atoms with Crippen LogP contribution in [0.1, 0.15) is 23.8 Å². The van der Waals surface area contributed by atoms with Crippen LogP contribution < -0.4 is 0 Å². The average molecular weight is 228 g/mol. The second kappa shape index (κ2) is 3.93. The van der Waals surface area contributed by atoms with Gasteiger partial charge in [-0.05, 0) is 12.1 Å². The fraction of sp³-hybridized carbons (Fsp3) is 0.571. The van der Waals surface area contributed by atoms with E-state index in [1.165, 1.54) is 4.80 Å². The number of rotatable bonds is 3. The molecular weight excluding hydrogens is 218 g/mol. The SMILES string of the molecule is CC(Cl)c1cn(Cc2nnn(C)n2)nn1. The van der Waals surface area contributed by atoms with Gasteiger partial charge in [0.15, 0.2) is 5.82 Å². The maximum atomic E-state index is 5.86. The van der Waals surface area contributed by atoms with Crippen LogP contribution in [0, 0.1) is 0 Å². The van der Waals surface area contributed by atoms with Crippen molar-refractivity contribution < 1.29 is 0 Å². The Labute approximate surface area is 91.0 Å². The summed E-state index contributed by atoms with van der Waals surface area (Å²) in [4.78, 5) is 1.40. The van der Waals surface area contributed by atoms with E-state index in [-0.39, 0.29) is 5.38 Å². The highest BCUT2D eigenvalue weighted by Crippen LogP contribution is 2.15. The zero-order valence-corrected chi connectivity index (χ0v) is 9.13. The van der Waals surface area contributed by atoms with Crippen LogP contribution in [0.15, 0.2) is 6.20 Å². The van der Waals surface area contributed by atoms with Gasteiger partial charge in [0.25, 0.3) is 0 Å². The van der Waals surface area contributed by atoms with Gasteiger partial charge in [0, 0.05) is 0 Å². The number of hydrogen-bond donors (Lipinski definition) is 0. The summed E-state index contributed by atoms with van der Waals surface area (Å²) < 4.78 is 1.63. The molecule has 0 aliphatic rings. The molecule has 0 saturated carbocycles. The number of nitrogens with zero attached hydrogens (tertiary/aromatic N) is 7. The molecule has 7 nitrogen and oxygen atoms in total. The van der Waals surface area contributed by atoms with Gasteiger partial charge in [-0.15, -0.1) is 26.9 Å². The van der Waals surface area contributed by atoms with Gasteiger partial charge >= 0.3 is 0 Å². The van der Waals surface area contributed by atoms with E-state index in [2.05, 4.69) is 25.7 Å². The molecule has 0 saturated heterocycles. The number of halogens is 1. The maximum absolute atomic E-state index is 5.86. The van der Waals surface area contributed by atoms with Crippen molar-refractivity contribution in [1.82, 2.24) is 35.2 Å². The summed E-state index contributed by atoms with van der Waals surface area (Å²) in [7, 11) is 1.71. The Morgan fingerprint density at radius 1 is 1.40 bits per heavy atom. The predicted molar refractivity (Wildman–Crippen MR) is 52.2 cm³/mol. The van der Waals surface area contributed by atoms with E-state index in [9.17, 15) is 0 Å². The van der Waals surface area contributed by atoms with Crippen molar-refractivity contribution in [3.05, 3.63) is 17.7 Å². The van der Waals surface area contributed by atoms with E-state index in [0.717, 1.165) is 5.69 Å². The zero-order valence-electron chi connectivity index (χ0n) is 8.37. The van der Waals surface area contributed by atoms with Crippen molar-refractivity contribution in [1.29, 1.82) is 0 Å². The molecule has 0 aliphatic heterocycles. The maximum Gasteiger partial charge on any atom is 0.196 e. The molecule has 1 unspecified atom stereocenters. The summed E-state index contributed by atoms with van der Waals surface area (Å²) in [6.07, 6.45) is 1.77. The van der Waals surface area contributed by atoms with Crippen molar-refractivity contribution in [2.45, 2.75) is 18.8 Å². The summed E-state index contributed by atoms with van der Waals surface area (Å²) in [6.45, 7) is 2.29. The summed E-state index contributed by atoms with van der Waals surface area (Å²) in [5.74, 6) is 0.594. The zero-order chi connectivity index (χ0) is 10.8. The van der Waals surface area contributed by atoms with Crippen LogP contribution in [0.2, 0.25) is 0 Å². The normalized spacial score (nSPS) is 13.0. The van der Waals surface area contributed by atoms with E-state index in [1.807, 2.05) is 6.92 Å². The van der Waals surface area contributed by atoms with Crippen LogP contribution >= 0.6 is 11.6 Å². The highest BCUT2D eigenvalue weighted by molar-refractivity contribution is 6.20. The minimum absolute atomic E-state index is 0.145. The Bertz CT molecular complexity index is 446. The molecule has 80 valence electrons. The smallest absolute Gasteiger partial charge is 0.196 e. The van der Waals surface area contributed by atoms with Crippen LogP contribution in [0.5, 0.6) is 0 Å². The van der Waals surface area contributed by atoms with Gasteiger partial charge in [-0.25, -0.2) is 4.68 Å². The number of aryl methyl sites for hydroxylation is 1. The number of tetrazole rings is 1. The minimum Gasteiger partial charge on any atom is -0.244 e. The van der Waals surface area contributed by atoms with Crippen molar-refractivity contribution in [2.75, 3.05) is 0 Å². The van der Waals surface area contributed by atoms with Crippen molar-refractivity contribution in [3.8, 4) is 0 Å². The van der Waals surface area contributed by atoms with Crippen molar-refractivity contribution in [3.63, 3.8) is 0 Å². The molecule has 2 heterocycles. The van der Waals surface area contributed by atoms with Crippen LogP contribution in [-0.4, -0.2) is 35.2 Å². The van der Waals surface area contributed by atoms with Crippen LogP contribution in [0.3, 0.4) is 0 Å². The third-order valence-corrected chi connectivity index (χ3v) is 2.04. The molecule has 2 aromatic rings. The Balaban J connectivity index is 2.11. The molecular formula is C7H10ClN7.